The van der Waals surface area contributed by atoms with E-state index in [0.29, 0.717) is 44.1 Å². The van der Waals surface area contributed by atoms with Crippen LogP contribution < -0.4 is 15.4 Å². The number of phenols is 1. The lowest BCUT2D eigenvalue weighted by molar-refractivity contribution is 0.0953. The minimum Gasteiger partial charge on any atom is -0.508 e. The Labute approximate surface area is 176 Å². The number of aromatic hydroxyl groups is 1. The van der Waals surface area contributed by atoms with Gasteiger partial charge in [0.15, 0.2) is 17.5 Å². The normalized spacial score (nSPS) is 11.1. The number of carbonyl (C=O) groups is 1. The number of nitrogens with zero attached hydrogens (tertiary/aromatic N) is 2. The van der Waals surface area contributed by atoms with Crippen LogP contribution in [0.2, 0.25) is 0 Å². The molecule has 0 aliphatic carbocycles. The van der Waals surface area contributed by atoms with Crippen molar-refractivity contribution in [3.63, 3.8) is 0 Å². The van der Waals surface area contributed by atoms with Gasteiger partial charge in [-0.2, -0.15) is 0 Å². The zero-order chi connectivity index (χ0) is 21.9. The van der Waals surface area contributed by atoms with E-state index in [1.54, 1.807) is 18.2 Å². The van der Waals surface area contributed by atoms with Gasteiger partial charge in [-0.25, -0.2) is 4.39 Å². The van der Waals surface area contributed by atoms with Crippen molar-refractivity contribution in [2.24, 2.45) is 4.99 Å². The fraction of sp³-hybridized carbons (Fsp3) is 0.364. The zero-order valence-electron chi connectivity index (χ0n) is 17.6. The van der Waals surface area contributed by atoms with Gasteiger partial charge in [0.25, 0.3) is 5.91 Å². The standard InChI is InChI=1S/C22H29FN4O3/c1-4-24-22(27(2)15-16-9-10-20(30-3)19(23)13-16)26-12-6-11-25-21(29)17-7-5-8-18(28)14-17/h5,7-10,13-14,28H,4,6,11-12,15H2,1-3H3,(H,24,26)(H,25,29). The molecule has 162 valence electrons. The van der Waals surface area contributed by atoms with E-state index in [9.17, 15) is 14.3 Å². The second kappa shape index (κ2) is 11.6. The summed E-state index contributed by atoms with van der Waals surface area (Å²) >= 11 is 0. The minimum atomic E-state index is -0.396. The van der Waals surface area contributed by atoms with Crippen molar-refractivity contribution in [1.29, 1.82) is 0 Å². The molecule has 0 saturated carbocycles. The van der Waals surface area contributed by atoms with Gasteiger partial charge in [0.2, 0.25) is 0 Å². The monoisotopic (exact) mass is 416 g/mol. The van der Waals surface area contributed by atoms with Crippen molar-refractivity contribution in [2.45, 2.75) is 19.9 Å². The van der Waals surface area contributed by atoms with E-state index in [4.69, 9.17) is 4.74 Å². The first kappa shape index (κ1) is 23.0. The van der Waals surface area contributed by atoms with Crippen LogP contribution >= 0.6 is 0 Å². The van der Waals surface area contributed by atoms with Gasteiger partial charge >= 0.3 is 0 Å². The SMILES string of the molecule is CCNC(=NCCCNC(=O)c1cccc(O)c1)N(C)Cc1ccc(OC)c(F)c1. The Morgan fingerprint density at radius 1 is 1.23 bits per heavy atom. The highest BCUT2D eigenvalue weighted by atomic mass is 19.1. The molecular weight excluding hydrogens is 387 g/mol. The largest absolute Gasteiger partial charge is 0.508 e. The van der Waals surface area contributed by atoms with Crippen LogP contribution in [0.1, 0.15) is 29.3 Å². The molecule has 0 aromatic heterocycles. The van der Waals surface area contributed by atoms with Crippen molar-refractivity contribution in [3.8, 4) is 11.5 Å². The van der Waals surface area contributed by atoms with Crippen LogP contribution in [0.15, 0.2) is 47.5 Å². The molecule has 0 bridgehead atoms. The number of halogens is 1. The van der Waals surface area contributed by atoms with E-state index >= 15 is 0 Å². The molecule has 8 heteroatoms. The lowest BCUT2D eigenvalue weighted by atomic mass is 10.2. The molecular formula is C22H29FN4O3. The maximum Gasteiger partial charge on any atom is 0.251 e. The summed E-state index contributed by atoms with van der Waals surface area (Å²) in [5.41, 5.74) is 1.22. The second-order valence-corrected chi connectivity index (χ2v) is 6.72. The van der Waals surface area contributed by atoms with Crippen LogP contribution in [0.4, 0.5) is 4.39 Å². The van der Waals surface area contributed by atoms with Crippen LogP contribution in [0, 0.1) is 5.82 Å². The first-order chi connectivity index (χ1) is 14.4. The van der Waals surface area contributed by atoms with Crippen molar-refractivity contribution in [2.75, 3.05) is 33.8 Å². The van der Waals surface area contributed by atoms with Crippen LogP contribution in [-0.4, -0.2) is 55.7 Å². The van der Waals surface area contributed by atoms with Gasteiger partial charge in [-0.15, -0.1) is 0 Å². The third-order valence-electron chi connectivity index (χ3n) is 4.32. The summed E-state index contributed by atoms with van der Waals surface area (Å²) in [5.74, 6) is 0.346. The molecule has 3 N–H and O–H groups in total. The summed E-state index contributed by atoms with van der Waals surface area (Å²) in [6, 6.07) is 11.1. The van der Waals surface area contributed by atoms with Gasteiger partial charge in [0, 0.05) is 38.8 Å². The Morgan fingerprint density at radius 2 is 2.03 bits per heavy atom. The summed E-state index contributed by atoms with van der Waals surface area (Å²) in [5, 5.41) is 15.5. The van der Waals surface area contributed by atoms with E-state index in [-0.39, 0.29) is 17.4 Å². The lowest BCUT2D eigenvalue weighted by Gasteiger charge is -2.22. The van der Waals surface area contributed by atoms with E-state index in [0.717, 1.165) is 5.56 Å². The number of rotatable bonds is 9. The smallest absolute Gasteiger partial charge is 0.251 e. The van der Waals surface area contributed by atoms with Gasteiger partial charge in [-0.1, -0.05) is 12.1 Å². The minimum absolute atomic E-state index is 0.0577. The molecule has 2 aromatic carbocycles. The Morgan fingerprint density at radius 3 is 2.70 bits per heavy atom. The number of nitrogens with one attached hydrogen (secondary N) is 2. The number of guanidine groups is 1. The molecule has 0 unspecified atom stereocenters. The summed E-state index contributed by atoms with van der Waals surface area (Å²) in [6.45, 7) is 4.15. The number of amides is 1. The van der Waals surface area contributed by atoms with Gasteiger partial charge in [0.05, 0.1) is 7.11 Å². The molecule has 7 nitrogen and oxygen atoms in total. The number of hydrogen-bond acceptors (Lipinski definition) is 4. The Bertz CT molecular complexity index is 873. The molecule has 30 heavy (non-hydrogen) atoms. The van der Waals surface area contributed by atoms with Crippen molar-refractivity contribution < 1.29 is 19.0 Å². The predicted molar refractivity (Wildman–Crippen MR) is 115 cm³/mol. The molecule has 0 radical (unpaired) electrons. The lowest BCUT2D eigenvalue weighted by Crippen LogP contribution is -2.38. The maximum atomic E-state index is 13.9. The summed E-state index contributed by atoms with van der Waals surface area (Å²) in [6.07, 6.45) is 0.657. The molecule has 0 aliphatic rings. The van der Waals surface area contributed by atoms with Crippen molar-refractivity contribution in [1.82, 2.24) is 15.5 Å². The van der Waals surface area contributed by atoms with E-state index < -0.39 is 5.82 Å². The number of ether oxygens (including phenoxy) is 1. The van der Waals surface area contributed by atoms with Gasteiger partial charge in [0.1, 0.15) is 5.75 Å². The van der Waals surface area contributed by atoms with Crippen LogP contribution in [0.5, 0.6) is 11.5 Å². The Balaban J connectivity index is 1.85. The highest BCUT2D eigenvalue weighted by Crippen LogP contribution is 2.18. The van der Waals surface area contributed by atoms with Gasteiger partial charge in [-0.05, 0) is 49.2 Å². The highest BCUT2D eigenvalue weighted by Gasteiger charge is 2.09. The number of carbonyl (C=O) groups excluding carboxylic acids is 1. The first-order valence-corrected chi connectivity index (χ1v) is 9.83. The van der Waals surface area contributed by atoms with E-state index in [2.05, 4.69) is 15.6 Å². The van der Waals surface area contributed by atoms with Crippen molar-refractivity contribution >= 4 is 11.9 Å². The second-order valence-electron chi connectivity index (χ2n) is 6.72. The molecule has 0 spiro atoms. The average molecular weight is 416 g/mol. The third kappa shape index (κ3) is 6.95. The molecule has 2 rings (SSSR count). The number of aliphatic imine (C=N–C) groups is 1. The molecule has 0 heterocycles. The molecule has 0 fully saturated rings. The number of benzene rings is 2. The predicted octanol–water partition coefficient (Wildman–Crippen LogP) is 2.76. The Kier molecular flexibility index (Phi) is 8.93. The number of hydrogen-bond donors (Lipinski definition) is 3. The Hall–Kier alpha value is -3.29. The topological polar surface area (TPSA) is 86.2 Å². The maximum absolute atomic E-state index is 13.9. The number of phenolic OH excluding ortho intramolecular Hbond substituents is 1. The number of methoxy groups -OCH3 is 1. The van der Waals surface area contributed by atoms with Gasteiger partial charge < -0.3 is 25.4 Å². The fourth-order valence-corrected chi connectivity index (χ4v) is 2.84. The quantitative estimate of drug-likeness (QED) is 0.332. The summed E-state index contributed by atoms with van der Waals surface area (Å²) in [7, 11) is 3.32. The summed E-state index contributed by atoms with van der Waals surface area (Å²) < 4.78 is 18.9. The molecule has 1 amide bonds. The van der Waals surface area contributed by atoms with Gasteiger partial charge in [-0.3, -0.25) is 9.79 Å². The van der Waals surface area contributed by atoms with E-state index in [1.807, 2.05) is 24.9 Å². The fourth-order valence-electron chi connectivity index (χ4n) is 2.84. The molecule has 0 aliphatic heterocycles. The van der Waals surface area contributed by atoms with Crippen LogP contribution in [-0.2, 0) is 6.54 Å². The zero-order valence-corrected chi connectivity index (χ0v) is 17.6. The first-order valence-electron chi connectivity index (χ1n) is 9.83. The molecule has 0 atom stereocenters. The van der Waals surface area contributed by atoms with E-state index in [1.165, 1.54) is 25.3 Å². The molecule has 0 saturated heterocycles. The highest BCUT2D eigenvalue weighted by molar-refractivity contribution is 5.94. The summed E-state index contributed by atoms with van der Waals surface area (Å²) in [4.78, 5) is 18.5. The van der Waals surface area contributed by atoms with Crippen LogP contribution in [0.3, 0.4) is 0 Å². The van der Waals surface area contributed by atoms with Crippen LogP contribution in [0.25, 0.3) is 0 Å². The average Bonchev–Trinajstić information content (AvgIpc) is 2.72. The van der Waals surface area contributed by atoms with Crippen molar-refractivity contribution in [3.05, 3.63) is 59.4 Å². The third-order valence-corrected chi connectivity index (χ3v) is 4.32. The molecule has 2 aromatic rings.